The Balaban J connectivity index is 1.53. The summed E-state index contributed by atoms with van der Waals surface area (Å²) in [5, 5.41) is 0. The summed E-state index contributed by atoms with van der Waals surface area (Å²) in [6.45, 7) is 12.9. The van der Waals surface area contributed by atoms with E-state index in [9.17, 15) is 0 Å². The van der Waals surface area contributed by atoms with Crippen LogP contribution >= 0.6 is 0 Å². The van der Waals surface area contributed by atoms with Crippen LogP contribution in [0.2, 0.25) is 0 Å². The maximum atomic E-state index is 5.93. The Bertz CT molecular complexity index is 1230. The Hall–Kier alpha value is -3.33. The van der Waals surface area contributed by atoms with E-state index in [1.54, 1.807) is 0 Å². The first-order valence-electron chi connectivity index (χ1n) is 11.1. The van der Waals surface area contributed by atoms with Gasteiger partial charge in [-0.3, -0.25) is 4.57 Å². The van der Waals surface area contributed by atoms with Crippen molar-refractivity contribution in [1.29, 1.82) is 0 Å². The van der Waals surface area contributed by atoms with E-state index in [1.807, 2.05) is 18.5 Å². The second-order valence-corrected chi connectivity index (χ2v) is 10.3. The minimum absolute atomic E-state index is 0.173. The molecule has 0 saturated carbocycles. The summed E-state index contributed by atoms with van der Waals surface area (Å²) in [5.74, 6) is 0.869. The summed E-state index contributed by atoms with van der Waals surface area (Å²) in [4.78, 5) is 4.63. The lowest BCUT2D eigenvalue weighted by Crippen LogP contribution is -2.22. The lowest BCUT2D eigenvalue weighted by Gasteiger charge is -2.21. The smallest absolute Gasteiger partial charge is 0.120 e. The van der Waals surface area contributed by atoms with Crippen LogP contribution in [0.1, 0.15) is 58.2 Å². The van der Waals surface area contributed by atoms with Crippen molar-refractivity contribution >= 4 is 23.2 Å². The standard InChI is InChI=1S/C29H32N2O/c1-28(2,3)23-12-9-21(10-13-23)7-8-22-11-18-27-26(19-22)30-20-31(27)24-14-16-25(17-15-24)32-29(4,5)6/h7-20H,1-6H3/b8-7-. The van der Waals surface area contributed by atoms with Gasteiger partial charge in [-0.1, -0.05) is 63.3 Å². The average molecular weight is 425 g/mol. The highest BCUT2D eigenvalue weighted by Gasteiger charge is 2.13. The first-order valence-corrected chi connectivity index (χ1v) is 11.1. The molecule has 0 N–H and O–H groups in total. The monoisotopic (exact) mass is 424 g/mol. The van der Waals surface area contributed by atoms with E-state index >= 15 is 0 Å². The van der Waals surface area contributed by atoms with Gasteiger partial charge in [-0.15, -0.1) is 0 Å². The van der Waals surface area contributed by atoms with Gasteiger partial charge in [-0.05, 0) is 79.3 Å². The van der Waals surface area contributed by atoms with Crippen molar-refractivity contribution in [3.8, 4) is 11.4 Å². The van der Waals surface area contributed by atoms with Crippen LogP contribution in [0.3, 0.4) is 0 Å². The molecular weight excluding hydrogens is 392 g/mol. The van der Waals surface area contributed by atoms with E-state index < -0.39 is 0 Å². The number of rotatable bonds is 4. The maximum Gasteiger partial charge on any atom is 0.120 e. The molecular formula is C29H32N2O. The van der Waals surface area contributed by atoms with Crippen LogP contribution in [-0.2, 0) is 5.41 Å². The van der Waals surface area contributed by atoms with Crippen LogP contribution in [0.25, 0.3) is 28.9 Å². The summed E-state index contributed by atoms with van der Waals surface area (Å²) in [5.41, 5.74) is 6.77. The zero-order valence-electron chi connectivity index (χ0n) is 19.9. The Morgan fingerprint density at radius 2 is 1.38 bits per heavy atom. The number of imidazole rings is 1. The largest absolute Gasteiger partial charge is 0.488 e. The minimum atomic E-state index is -0.207. The second-order valence-electron chi connectivity index (χ2n) is 10.3. The first kappa shape index (κ1) is 21.9. The number of hydrogen-bond acceptors (Lipinski definition) is 2. The Morgan fingerprint density at radius 1 is 0.750 bits per heavy atom. The molecule has 3 aromatic carbocycles. The fourth-order valence-electron chi connectivity index (χ4n) is 3.65. The summed E-state index contributed by atoms with van der Waals surface area (Å²) in [7, 11) is 0. The van der Waals surface area contributed by atoms with Gasteiger partial charge in [0.15, 0.2) is 0 Å². The molecule has 0 radical (unpaired) electrons. The predicted octanol–water partition coefficient (Wildman–Crippen LogP) is 7.67. The molecule has 0 saturated heterocycles. The van der Waals surface area contributed by atoms with Crippen molar-refractivity contribution in [2.75, 3.05) is 0 Å². The molecule has 164 valence electrons. The van der Waals surface area contributed by atoms with Crippen molar-refractivity contribution in [2.24, 2.45) is 0 Å². The highest BCUT2D eigenvalue weighted by atomic mass is 16.5. The van der Waals surface area contributed by atoms with E-state index in [-0.39, 0.29) is 11.0 Å². The fraction of sp³-hybridized carbons (Fsp3) is 0.276. The molecule has 0 aliphatic heterocycles. The fourth-order valence-corrected chi connectivity index (χ4v) is 3.65. The minimum Gasteiger partial charge on any atom is -0.488 e. The Kier molecular flexibility index (Phi) is 5.68. The van der Waals surface area contributed by atoms with E-state index in [2.05, 4.69) is 118 Å². The van der Waals surface area contributed by atoms with Gasteiger partial charge in [0.2, 0.25) is 0 Å². The number of fused-ring (bicyclic) bond motifs is 1. The van der Waals surface area contributed by atoms with Crippen molar-refractivity contribution in [3.05, 3.63) is 89.7 Å². The average Bonchev–Trinajstić information content (AvgIpc) is 3.14. The third-order valence-electron chi connectivity index (χ3n) is 5.36. The van der Waals surface area contributed by atoms with E-state index in [0.29, 0.717) is 0 Å². The van der Waals surface area contributed by atoms with Gasteiger partial charge in [0, 0.05) is 5.69 Å². The summed E-state index contributed by atoms with van der Waals surface area (Å²) >= 11 is 0. The van der Waals surface area contributed by atoms with Crippen LogP contribution in [-0.4, -0.2) is 15.2 Å². The number of aromatic nitrogens is 2. The lowest BCUT2D eigenvalue weighted by atomic mass is 9.87. The number of hydrogen-bond donors (Lipinski definition) is 0. The summed E-state index contributed by atoms with van der Waals surface area (Å²) in [6.07, 6.45) is 6.17. The van der Waals surface area contributed by atoms with Crippen molar-refractivity contribution in [1.82, 2.24) is 9.55 Å². The number of benzene rings is 3. The highest BCUT2D eigenvalue weighted by Crippen LogP contribution is 2.25. The molecule has 1 aromatic heterocycles. The molecule has 0 bridgehead atoms. The van der Waals surface area contributed by atoms with Crippen molar-refractivity contribution < 1.29 is 4.74 Å². The third kappa shape index (κ3) is 5.11. The first-order chi connectivity index (χ1) is 15.1. The molecule has 3 heteroatoms. The summed E-state index contributed by atoms with van der Waals surface area (Å²) < 4.78 is 8.04. The molecule has 0 spiro atoms. The van der Waals surface area contributed by atoms with E-state index in [1.165, 1.54) is 11.1 Å². The molecule has 0 fully saturated rings. The van der Waals surface area contributed by atoms with Gasteiger partial charge < -0.3 is 4.74 Å². The van der Waals surface area contributed by atoms with Gasteiger partial charge in [-0.25, -0.2) is 4.98 Å². The number of nitrogens with zero attached hydrogens (tertiary/aromatic N) is 2. The zero-order valence-corrected chi connectivity index (χ0v) is 19.9. The van der Waals surface area contributed by atoms with E-state index in [4.69, 9.17) is 4.74 Å². The van der Waals surface area contributed by atoms with Crippen LogP contribution in [0.15, 0.2) is 73.1 Å². The van der Waals surface area contributed by atoms with Crippen LogP contribution in [0.4, 0.5) is 0 Å². The summed E-state index contributed by atoms with van der Waals surface area (Å²) in [6, 6.07) is 23.3. The molecule has 0 aliphatic carbocycles. The molecule has 4 aromatic rings. The SMILES string of the molecule is CC(C)(C)Oc1ccc(-n2cnc3cc(/C=C\c4ccc(C(C)(C)C)cc4)ccc32)cc1. The molecule has 1 heterocycles. The third-order valence-corrected chi connectivity index (χ3v) is 5.36. The van der Waals surface area contributed by atoms with Crippen LogP contribution in [0.5, 0.6) is 5.75 Å². The van der Waals surface area contributed by atoms with Gasteiger partial charge in [-0.2, -0.15) is 0 Å². The lowest BCUT2D eigenvalue weighted by molar-refractivity contribution is 0.131. The quantitative estimate of drug-likeness (QED) is 0.314. The Morgan fingerprint density at radius 3 is 2.00 bits per heavy atom. The molecule has 32 heavy (non-hydrogen) atoms. The molecule has 0 aliphatic rings. The molecule has 0 atom stereocenters. The topological polar surface area (TPSA) is 27.1 Å². The molecule has 0 unspecified atom stereocenters. The molecule has 0 amide bonds. The number of ether oxygens (including phenoxy) is 1. The normalized spacial score (nSPS) is 12.6. The second kappa shape index (κ2) is 8.31. The maximum absolute atomic E-state index is 5.93. The Labute approximate surface area is 191 Å². The molecule has 4 rings (SSSR count). The predicted molar refractivity (Wildman–Crippen MR) is 136 cm³/mol. The van der Waals surface area contributed by atoms with Crippen LogP contribution < -0.4 is 4.74 Å². The van der Waals surface area contributed by atoms with Crippen LogP contribution in [0, 0.1) is 0 Å². The van der Waals surface area contributed by atoms with Gasteiger partial charge in [0.1, 0.15) is 17.7 Å². The van der Waals surface area contributed by atoms with E-state index in [0.717, 1.165) is 28.0 Å². The molecule has 3 nitrogen and oxygen atoms in total. The van der Waals surface area contributed by atoms with Gasteiger partial charge in [0.25, 0.3) is 0 Å². The van der Waals surface area contributed by atoms with Crippen molar-refractivity contribution in [2.45, 2.75) is 52.6 Å². The van der Waals surface area contributed by atoms with Gasteiger partial charge >= 0.3 is 0 Å². The highest BCUT2D eigenvalue weighted by molar-refractivity contribution is 5.82. The zero-order chi connectivity index (χ0) is 22.9. The van der Waals surface area contributed by atoms with Crippen molar-refractivity contribution in [3.63, 3.8) is 0 Å². The van der Waals surface area contributed by atoms with Gasteiger partial charge in [0.05, 0.1) is 11.0 Å².